The predicted octanol–water partition coefficient (Wildman–Crippen LogP) is 3.01. The van der Waals surface area contributed by atoms with E-state index in [0.29, 0.717) is 12.0 Å². The van der Waals surface area contributed by atoms with Crippen LogP contribution >= 0.6 is 0 Å². The van der Waals surface area contributed by atoms with Crippen molar-refractivity contribution in [3.05, 3.63) is 29.8 Å². The molecule has 0 saturated carbocycles. The van der Waals surface area contributed by atoms with Crippen molar-refractivity contribution in [1.82, 2.24) is 5.32 Å². The van der Waals surface area contributed by atoms with E-state index in [4.69, 9.17) is 9.84 Å². The highest BCUT2D eigenvalue weighted by atomic mass is 16.5. The average molecular weight is 279 g/mol. The van der Waals surface area contributed by atoms with Crippen LogP contribution in [0.4, 0.5) is 0 Å². The van der Waals surface area contributed by atoms with Gasteiger partial charge in [0.1, 0.15) is 5.75 Å². The van der Waals surface area contributed by atoms with Crippen molar-refractivity contribution in [3.63, 3.8) is 0 Å². The van der Waals surface area contributed by atoms with E-state index in [2.05, 4.69) is 31.3 Å². The second kappa shape index (κ2) is 9.78. The third-order valence-corrected chi connectivity index (χ3v) is 3.71. The molecular formula is C17H29NO2. The maximum absolute atomic E-state index is 9.09. The van der Waals surface area contributed by atoms with Gasteiger partial charge in [0.05, 0.1) is 7.11 Å². The maximum Gasteiger partial charge on any atom is 0.122 e. The number of methoxy groups -OCH3 is 1. The minimum absolute atomic E-state index is 0.285. The van der Waals surface area contributed by atoms with E-state index in [0.717, 1.165) is 25.1 Å². The van der Waals surface area contributed by atoms with E-state index in [-0.39, 0.29) is 6.61 Å². The first-order valence-corrected chi connectivity index (χ1v) is 7.67. The van der Waals surface area contributed by atoms with Gasteiger partial charge in [0, 0.05) is 12.6 Å². The van der Waals surface area contributed by atoms with Crippen molar-refractivity contribution in [1.29, 1.82) is 0 Å². The molecule has 0 bridgehead atoms. The summed E-state index contributed by atoms with van der Waals surface area (Å²) in [5.41, 5.74) is 1.24. The first-order chi connectivity index (χ1) is 9.71. The molecule has 20 heavy (non-hydrogen) atoms. The Morgan fingerprint density at radius 2 is 2.00 bits per heavy atom. The lowest BCUT2D eigenvalue weighted by Gasteiger charge is -2.20. The molecule has 0 spiro atoms. The Morgan fingerprint density at radius 3 is 2.65 bits per heavy atom. The molecule has 2 N–H and O–H groups in total. The fraction of sp³-hybridized carbons (Fsp3) is 0.647. The Kier molecular flexibility index (Phi) is 8.31. The molecule has 3 nitrogen and oxygen atoms in total. The molecule has 1 aromatic rings. The lowest BCUT2D eigenvalue weighted by atomic mass is 9.99. The zero-order valence-corrected chi connectivity index (χ0v) is 13.1. The highest BCUT2D eigenvalue weighted by Crippen LogP contribution is 2.19. The molecule has 0 aliphatic carbocycles. The van der Waals surface area contributed by atoms with Crippen LogP contribution in [-0.2, 0) is 6.42 Å². The molecule has 0 fully saturated rings. The molecule has 0 amide bonds. The fourth-order valence-corrected chi connectivity index (χ4v) is 2.58. The molecule has 2 unspecified atom stereocenters. The summed E-state index contributed by atoms with van der Waals surface area (Å²) >= 11 is 0. The molecule has 0 radical (unpaired) electrons. The highest BCUT2D eigenvalue weighted by Gasteiger charge is 2.11. The quantitative estimate of drug-likeness (QED) is 0.692. The maximum atomic E-state index is 9.09. The van der Waals surface area contributed by atoms with Crippen molar-refractivity contribution in [2.75, 3.05) is 20.3 Å². The number of para-hydroxylation sites is 1. The van der Waals surface area contributed by atoms with Crippen LogP contribution in [0.1, 0.15) is 38.7 Å². The SMILES string of the molecule is CCCC(CCO)CNC(C)Cc1ccccc1OC. The van der Waals surface area contributed by atoms with Gasteiger partial charge in [0.2, 0.25) is 0 Å². The Morgan fingerprint density at radius 1 is 1.25 bits per heavy atom. The number of aliphatic hydroxyl groups excluding tert-OH is 1. The molecule has 2 atom stereocenters. The molecule has 1 aromatic carbocycles. The molecule has 0 aliphatic rings. The summed E-state index contributed by atoms with van der Waals surface area (Å²) in [7, 11) is 1.72. The van der Waals surface area contributed by atoms with Crippen LogP contribution in [-0.4, -0.2) is 31.4 Å². The number of nitrogens with one attached hydrogen (secondary N) is 1. The van der Waals surface area contributed by atoms with Crippen LogP contribution in [0.25, 0.3) is 0 Å². The highest BCUT2D eigenvalue weighted by molar-refractivity contribution is 5.33. The van der Waals surface area contributed by atoms with Crippen molar-refractivity contribution >= 4 is 0 Å². The van der Waals surface area contributed by atoms with Crippen molar-refractivity contribution in [2.45, 2.75) is 45.6 Å². The lowest BCUT2D eigenvalue weighted by Crippen LogP contribution is -2.33. The fourth-order valence-electron chi connectivity index (χ4n) is 2.58. The normalized spacial score (nSPS) is 14.0. The van der Waals surface area contributed by atoms with Crippen LogP contribution in [0.5, 0.6) is 5.75 Å². The van der Waals surface area contributed by atoms with Gasteiger partial charge in [-0.3, -0.25) is 0 Å². The van der Waals surface area contributed by atoms with E-state index in [9.17, 15) is 0 Å². The summed E-state index contributed by atoms with van der Waals surface area (Å²) in [6.45, 7) is 5.66. The predicted molar refractivity (Wildman–Crippen MR) is 84.3 cm³/mol. The van der Waals surface area contributed by atoms with E-state index in [1.807, 2.05) is 12.1 Å². The molecule has 0 saturated heterocycles. The van der Waals surface area contributed by atoms with Gasteiger partial charge >= 0.3 is 0 Å². The van der Waals surface area contributed by atoms with E-state index < -0.39 is 0 Å². The second-order valence-corrected chi connectivity index (χ2v) is 5.49. The summed E-state index contributed by atoms with van der Waals surface area (Å²) in [5, 5.41) is 12.7. The van der Waals surface area contributed by atoms with Crippen molar-refractivity contribution in [3.8, 4) is 5.75 Å². The molecule has 0 aliphatic heterocycles. The van der Waals surface area contributed by atoms with Crippen molar-refractivity contribution < 1.29 is 9.84 Å². The van der Waals surface area contributed by atoms with Gasteiger partial charge in [-0.05, 0) is 50.3 Å². The van der Waals surface area contributed by atoms with E-state index in [1.54, 1.807) is 7.11 Å². The summed E-state index contributed by atoms with van der Waals surface area (Å²) in [5.74, 6) is 1.53. The van der Waals surface area contributed by atoms with Crippen LogP contribution in [0.3, 0.4) is 0 Å². The summed E-state index contributed by atoms with van der Waals surface area (Å²) < 4.78 is 5.39. The molecule has 1 rings (SSSR count). The number of hydrogen-bond acceptors (Lipinski definition) is 3. The molecule has 114 valence electrons. The van der Waals surface area contributed by atoms with Crippen LogP contribution < -0.4 is 10.1 Å². The molecule has 0 aromatic heterocycles. The average Bonchev–Trinajstić information content (AvgIpc) is 2.46. The van der Waals surface area contributed by atoms with Gasteiger partial charge < -0.3 is 15.2 Å². The molecule has 0 heterocycles. The number of aliphatic hydroxyl groups is 1. The number of ether oxygens (including phenoxy) is 1. The summed E-state index contributed by atoms with van der Waals surface area (Å²) in [6, 6.07) is 8.58. The largest absolute Gasteiger partial charge is 0.496 e. The minimum atomic E-state index is 0.285. The monoisotopic (exact) mass is 279 g/mol. The number of rotatable bonds is 10. The van der Waals surface area contributed by atoms with E-state index in [1.165, 1.54) is 18.4 Å². The third kappa shape index (κ3) is 5.93. The van der Waals surface area contributed by atoms with Crippen LogP contribution in [0.15, 0.2) is 24.3 Å². The summed E-state index contributed by atoms with van der Waals surface area (Å²) in [6.07, 6.45) is 4.20. The van der Waals surface area contributed by atoms with Gasteiger partial charge in [-0.15, -0.1) is 0 Å². The topological polar surface area (TPSA) is 41.5 Å². The first-order valence-electron chi connectivity index (χ1n) is 7.67. The Hall–Kier alpha value is -1.06. The van der Waals surface area contributed by atoms with E-state index >= 15 is 0 Å². The van der Waals surface area contributed by atoms with Crippen LogP contribution in [0, 0.1) is 5.92 Å². The van der Waals surface area contributed by atoms with Gasteiger partial charge in [-0.1, -0.05) is 31.5 Å². The Balaban J connectivity index is 2.44. The van der Waals surface area contributed by atoms with Gasteiger partial charge in [0.15, 0.2) is 0 Å². The number of benzene rings is 1. The first kappa shape index (κ1) is 17.0. The Labute approximate surface area is 123 Å². The lowest BCUT2D eigenvalue weighted by molar-refractivity contribution is 0.245. The third-order valence-electron chi connectivity index (χ3n) is 3.71. The van der Waals surface area contributed by atoms with Crippen molar-refractivity contribution in [2.24, 2.45) is 5.92 Å². The zero-order valence-electron chi connectivity index (χ0n) is 13.1. The zero-order chi connectivity index (χ0) is 14.8. The van der Waals surface area contributed by atoms with Gasteiger partial charge in [0.25, 0.3) is 0 Å². The smallest absolute Gasteiger partial charge is 0.122 e. The van der Waals surface area contributed by atoms with Gasteiger partial charge in [-0.2, -0.15) is 0 Å². The second-order valence-electron chi connectivity index (χ2n) is 5.49. The van der Waals surface area contributed by atoms with Gasteiger partial charge in [-0.25, -0.2) is 0 Å². The van der Waals surface area contributed by atoms with Crippen LogP contribution in [0.2, 0.25) is 0 Å². The molecular weight excluding hydrogens is 250 g/mol. The Bertz CT molecular complexity index is 362. The number of hydrogen-bond donors (Lipinski definition) is 2. The summed E-state index contributed by atoms with van der Waals surface area (Å²) in [4.78, 5) is 0. The standard InChI is InChI=1S/C17H29NO2/c1-4-7-15(10-11-19)13-18-14(2)12-16-8-5-6-9-17(16)20-3/h5-6,8-9,14-15,18-19H,4,7,10-13H2,1-3H3. The minimum Gasteiger partial charge on any atom is -0.496 e. The molecule has 3 heteroatoms.